The summed E-state index contributed by atoms with van der Waals surface area (Å²) in [6.07, 6.45) is -0.350. The van der Waals surface area contributed by atoms with Crippen molar-refractivity contribution in [1.82, 2.24) is 5.06 Å². The predicted molar refractivity (Wildman–Crippen MR) is 117 cm³/mol. The lowest BCUT2D eigenvalue weighted by Gasteiger charge is -2.33. The Balaban J connectivity index is 1.44. The van der Waals surface area contributed by atoms with E-state index in [1.807, 2.05) is 38.8 Å². The van der Waals surface area contributed by atoms with Crippen molar-refractivity contribution in [3.8, 4) is 0 Å². The minimum Gasteiger partial charge on any atom is -0.349 e. The summed E-state index contributed by atoms with van der Waals surface area (Å²) in [6.45, 7) is 8.21. The number of rotatable bonds is 4. The van der Waals surface area contributed by atoms with Crippen molar-refractivity contribution < 1.29 is 28.5 Å². The number of fused-ring (bicyclic) bond motifs is 1. The first kappa shape index (κ1) is 21.5. The van der Waals surface area contributed by atoms with Gasteiger partial charge in [-0.2, -0.15) is 0 Å². The fourth-order valence-electron chi connectivity index (χ4n) is 4.92. The average Bonchev–Trinajstić information content (AvgIpc) is 3.43. The van der Waals surface area contributed by atoms with Crippen molar-refractivity contribution >= 4 is 22.6 Å². The molecule has 0 radical (unpaired) electrons. The van der Waals surface area contributed by atoms with Crippen molar-refractivity contribution in [2.24, 2.45) is 0 Å². The van der Waals surface area contributed by atoms with Gasteiger partial charge in [-0.3, -0.25) is 4.84 Å². The Morgan fingerprint density at radius 3 is 2.37 bits per heavy atom. The molecule has 4 aliphatic heterocycles. The summed E-state index contributed by atoms with van der Waals surface area (Å²) >= 11 is 2.38. The molecule has 0 saturated carbocycles. The Bertz CT molecular complexity index is 761. The smallest absolute Gasteiger partial charge is 0.164 e. The van der Waals surface area contributed by atoms with E-state index in [0.29, 0.717) is 6.61 Å². The average molecular weight is 531 g/mol. The quantitative estimate of drug-likeness (QED) is 0.435. The largest absolute Gasteiger partial charge is 0.349 e. The first-order valence-corrected chi connectivity index (χ1v) is 12.2. The zero-order valence-corrected chi connectivity index (χ0v) is 20.0. The molecule has 0 amide bonds. The lowest BCUT2D eigenvalue weighted by Crippen LogP contribution is -2.43. The molecule has 0 bridgehead atoms. The molecule has 30 heavy (non-hydrogen) atoms. The fraction of sp³-hybridized carbons (Fsp3) is 0.727. The minimum atomic E-state index is -0.685. The molecule has 4 heterocycles. The zero-order chi connectivity index (χ0) is 21.1. The Kier molecular flexibility index (Phi) is 5.67. The molecule has 7 atom stereocenters. The summed E-state index contributed by atoms with van der Waals surface area (Å²) in [6, 6.07) is 10.6. The summed E-state index contributed by atoms with van der Waals surface area (Å²) in [7, 11) is 0. The van der Waals surface area contributed by atoms with Crippen molar-refractivity contribution in [2.45, 2.75) is 88.5 Å². The van der Waals surface area contributed by atoms with Gasteiger partial charge in [0.1, 0.15) is 24.4 Å². The highest BCUT2D eigenvalue weighted by molar-refractivity contribution is 14.1. The zero-order valence-electron chi connectivity index (χ0n) is 17.8. The molecule has 0 unspecified atom stereocenters. The maximum absolute atomic E-state index is 6.57. The highest BCUT2D eigenvalue weighted by Gasteiger charge is 2.62. The van der Waals surface area contributed by atoms with Gasteiger partial charge in [0.05, 0.1) is 18.8 Å². The van der Waals surface area contributed by atoms with Gasteiger partial charge in [-0.25, -0.2) is 0 Å². The minimum absolute atomic E-state index is 0.0971. The maximum Gasteiger partial charge on any atom is 0.164 e. The molecular formula is C22H30INO6. The Morgan fingerprint density at radius 2 is 1.70 bits per heavy atom. The summed E-state index contributed by atoms with van der Waals surface area (Å²) in [5, 5.41) is 2.00. The van der Waals surface area contributed by atoms with Gasteiger partial charge in [0, 0.05) is 4.43 Å². The molecule has 1 aromatic rings. The van der Waals surface area contributed by atoms with Crippen LogP contribution >= 0.6 is 22.6 Å². The summed E-state index contributed by atoms with van der Waals surface area (Å²) in [5.41, 5.74) is 1.22. The molecule has 4 saturated heterocycles. The van der Waals surface area contributed by atoms with E-state index in [1.54, 1.807) is 0 Å². The second-order valence-corrected chi connectivity index (χ2v) is 10.2. The molecule has 0 N–H and O–H groups in total. The van der Waals surface area contributed by atoms with Crippen LogP contribution in [0.4, 0.5) is 0 Å². The normalized spacial score (nSPS) is 42.6. The predicted octanol–water partition coefficient (Wildman–Crippen LogP) is 3.57. The lowest BCUT2D eigenvalue weighted by molar-refractivity contribution is -0.290. The third-order valence-corrected chi connectivity index (χ3v) is 7.12. The Labute approximate surface area is 191 Å². The number of benzene rings is 1. The van der Waals surface area contributed by atoms with Gasteiger partial charge in [0.15, 0.2) is 17.8 Å². The standard InChI is InChI=1S/C22H30INO6/c1-21(2)25-12-16(27-21)17-18-19(29-22(3,4)28-18)20(26-17)24-15(10-14(11-23)30-24)13-8-6-5-7-9-13/h5-9,14-20H,10-12H2,1-4H3/t14-,15-,16+,17+,18-,19-,20-/m0/s1. The van der Waals surface area contributed by atoms with Crippen LogP contribution in [0.3, 0.4) is 0 Å². The van der Waals surface area contributed by atoms with Gasteiger partial charge in [0.2, 0.25) is 0 Å². The van der Waals surface area contributed by atoms with E-state index in [4.69, 9.17) is 28.5 Å². The first-order chi connectivity index (χ1) is 14.3. The molecule has 5 rings (SSSR count). The van der Waals surface area contributed by atoms with Crippen molar-refractivity contribution in [1.29, 1.82) is 0 Å². The van der Waals surface area contributed by atoms with E-state index in [0.717, 1.165) is 10.8 Å². The second-order valence-electron chi connectivity index (χ2n) is 9.33. The van der Waals surface area contributed by atoms with E-state index < -0.39 is 11.6 Å². The molecule has 4 aliphatic rings. The van der Waals surface area contributed by atoms with E-state index in [1.165, 1.54) is 5.56 Å². The molecule has 8 heteroatoms. The van der Waals surface area contributed by atoms with Crippen LogP contribution in [0.25, 0.3) is 0 Å². The van der Waals surface area contributed by atoms with Gasteiger partial charge < -0.3 is 23.7 Å². The van der Waals surface area contributed by atoms with Crippen LogP contribution < -0.4 is 0 Å². The van der Waals surface area contributed by atoms with Gasteiger partial charge in [-0.1, -0.05) is 52.9 Å². The van der Waals surface area contributed by atoms with Crippen molar-refractivity contribution in [2.75, 3.05) is 11.0 Å². The first-order valence-electron chi connectivity index (χ1n) is 10.7. The fourth-order valence-corrected chi connectivity index (χ4v) is 5.44. The van der Waals surface area contributed by atoms with E-state index >= 15 is 0 Å². The van der Waals surface area contributed by atoms with Crippen LogP contribution in [-0.2, 0) is 28.5 Å². The van der Waals surface area contributed by atoms with Crippen LogP contribution in [0.15, 0.2) is 30.3 Å². The van der Waals surface area contributed by atoms with E-state index in [2.05, 4.69) is 46.9 Å². The highest BCUT2D eigenvalue weighted by Crippen LogP contribution is 2.47. The summed E-state index contributed by atoms with van der Waals surface area (Å²) in [4.78, 5) is 6.38. The number of ether oxygens (including phenoxy) is 5. The van der Waals surface area contributed by atoms with Crippen LogP contribution in [0.1, 0.15) is 45.7 Å². The summed E-state index contributed by atoms with van der Waals surface area (Å²) < 4.78 is 32.0. The monoisotopic (exact) mass is 531 g/mol. The second kappa shape index (κ2) is 7.91. The Morgan fingerprint density at radius 1 is 0.967 bits per heavy atom. The Hall–Kier alpha value is -0.330. The number of nitrogens with zero attached hydrogens (tertiary/aromatic N) is 1. The summed E-state index contributed by atoms with van der Waals surface area (Å²) in [5.74, 6) is -1.31. The third kappa shape index (κ3) is 3.94. The highest BCUT2D eigenvalue weighted by atomic mass is 127. The molecule has 0 spiro atoms. The van der Waals surface area contributed by atoms with Gasteiger partial charge in [-0.15, -0.1) is 5.06 Å². The number of halogens is 1. The molecule has 0 aliphatic carbocycles. The van der Waals surface area contributed by atoms with Gasteiger partial charge >= 0.3 is 0 Å². The van der Waals surface area contributed by atoms with Crippen LogP contribution in [0.2, 0.25) is 0 Å². The third-order valence-electron chi connectivity index (χ3n) is 6.13. The van der Waals surface area contributed by atoms with E-state index in [-0.39, 0.29) is 42.8 Å². The molecule has 4 fully saturated rings. The van der Waals surface area contributed by atoms with E-state index in [9.17, 15) is 0 Å². The topological polar surface area (TPSA) is 58.6 Å². The number of hydrogen-bond donors (Lipinski definition) is 0. The van der Waals surface area contributed by atoms with Crippen molar-refractivity contribution in [3.05, 3.63) is 35.9 Å². The maximum atomic E-state index is 6.57. The molecular weight excluding hydrogens is 501 g/mol. The molecule has 7 nitrogen and oxygen atoms in total. The van der Waals surface area contributed by atoms with Gasteiger partial charge in [0.25, 0.3) is 0 Å². The number of hydroxylamine groups is 2. The number of hydrogen-bond acceptors (Lipinski definition) is 7. The lowest BCUT2D eigenvalue weighted by atomic mass is 10.0. The molecule has 166 valence electrons. The SMILES string of the molecule is CC1(C)O[C@H]2[C@@H]([C@H]3COC(C)(C)O3)O[C@H](N3O[C@H](CI)C[C@H]3c3ccccc3)[C@H]2O1. The van der Waals surface area contributed by atoms with Crippen LogP contribution in [-0.4, -0.2) is 64.4 Å². The molecule has 0 aromatic heterocycles. The van der Waals surface area contributed by atoms with Gasteiger partial charge in [-0.05, 0) is 39.7 Å². The van der Waals surface area contributed by atoms with Crippen LogP contribution in [0.5, 0.6) is 0 Å². The van der Waals surface area contributed by atoms with Crippen LogP contribution in [0, 0.1) is 0 Å². The molecule has 1 aromatic carbocycles. The van der Waals surface area contributed by atoms with Crippen molar-refractivity contribution in [3.63, 3.8) is 0 Å². The number of alkyl halides is 1.